The molecule has 1 aliphatic rings. The SMILES string of the molecule is O[C@@H]1COCC[C@H]1Nc1ncc2ccc(-c3ncccn3)n2n1. The maximum absolute atomic E-state index is 9.97. The van der Waals surface area contributed by atoms with Gasteiger partial charge in [-0.1, -0.05) is 0 Å². The van der Waals surface area contributed by atoms with Gasteiger partial charge in [0, 0.05) is 19.0 Å². The monoisotopic (exact) mass is 312 g/mol. The summed E-state index contributed by atoms with van der Waals surface area (Å²) in [6.45, 7) is 0.941. The van der Waals surface area contributed by atoms with Crippen LogP contribution >= 0.6 is 0 Å². The highest BCUT2D eigenvalue weighted by molar-refractivity contribution is 5.60. The number of fused-ring (bicyclic) bond motifs is 1. The van der Waals surface area contributed by atoms with E-state index in [9.17, 15) is 5.11 Å². The molecular weight excluding hydrogens is 296 g/mol. The van der Waals surface area contributed by atoms with Crippen molar-refractivity contribution in [2.75, 3.05) is 18.5 Å². The van der Waals surface area contributed by atoms with E-state index in [1.54, 1.807) is 29.2 Å². The number of hydrogen-bond acceptors (Lipinski definition) is 7. The molecule has 0 unspecified atom stereocenters. The van der Waals surface area contributed by atoms with Crippen LogP contribution in [0.4, 0.5) is 5.95 Å². The van der Waals surface area contributed by atoms with E-state index < -0.39 is 6.10 Å². The Morgan fingerprint density at radius 3 is 2.91 bits per heavy atom. The predicted molar refractivity (Wildman–Crippen MR) is 82.9 cm³/mol. The van der Waals surface area contributed by atoms with E-state index >= 15 is 0 Å². The van der Waals surface area contributed by atoms with Crippen LogP contribution in [-0.2, 0) is 4.74 Å². The molecule has 3 aromatic heterocycles. The summed E-state index contributed by atoms with van der Waals surface area (Å²) >= 11 is 0. The molecule has 23 heavy (non-hydrogen) atoms. The van der Waals surface area contributed by atoms with Gasteiger partial charge in [-0.05, 0) is 24.6 Å². The lowest BCUT2D eigenvalue weighted by molar-refractivity contribution is -0.0136. The zero-order valence-corrected chi connectivity index (χ0v) is 12.3. The van der Waals surface area contributed by atoms with Crippen LogP contribution in [0.3, 0.4) is 0 Å². The van der Waals surface area contributed by atoms with Crippen LogP contribution in [0.15, 0.2) is 36.8 Å². The highest BCUT2D eigenvalue weighted by Gasteiger charge is 2.24. The lowest BCUT2D eigenvalue weighted by Crippen LogP contribution is -2.42. The van der Waals surface area contributed by atoms with Gasteiger partial charge >= 0.3 is 0 Å². The highest BCUT2D eigenvalue weighted by Crippen LogP contribution is 2.19. The Balaban J connectivity index is 1.67. The predicted octanol–water partition coefficient (Wildman–Crippen LogP) is 0.748. The highest BCUT2D eigenvalue weighted by atomic mass is 16.5. The Morgan fingerprint density at radius 2 is 2.09 bits per heavy atom. The summed E-state index contributed by atoms with van der Waals surface area (Å²) < 4.78 is 6.98. The minimum Gasteiger partial charge on any atom is -0.389 e. The first-order valence-corrected chi connectivity index (χ1v) is 7.46. The molecule has 0 spiro atoms. The summed E-state index contributed by atoms with van der Waals surface area (Å²) in [5.41, 5.74) is 1.64. The lowest BCUT2D eigenvalue weighted by atomic mass is 10.1. The van der Waals surface area contributed by atoms with Crippen LogP contribution in [-0.4, -0.2) is 55.0 Å². The third kappa shape index (κ3) is 2.73. The van der Waals surface area contributed by atoms with Crippen molar-refractivity contribution < 1.29 is 9.84 Å². The van der Waals surface area contributed by atoms with E-state index in [-0.39, 0.29) is 6.04 Å². The van der Waals surface area contributed by atoms with E-state index in [4.69, 9.17) is 4.74 Å². The number of nitrogens with zero attached hydrogens (tertiary/aromatic N) is 5. The number of aliphatic hydroxyl groups is 1. The fraction of sp³-hybridized carbons (Fsp3) is 0.333. The smallest absolute Gasteiger partial charge is 0.241 e. The van der Waals surface area contributed by atoms with Gasteiger partial charge in [-0.2, -0.15) is 0 Å². The van der Waals surface area contributed by atoms with Gasteiger partial charge in [0.05, 0.1) is 30.5 Å². The zero-order valence-electron chi connectivity index (χ0n) is 12.3. The summed E-state index contributed by atoms with van der Waals surface area (Å²) in [6, 6.07) is 5.48. The summed E-state index contributed by atoms with van der Waals surface area (Å²) in [5.74, 6) is 1.06. The van der Waals surface area contributed by atoms with Crippen molar-refractivity contribution in [2.24, 2.45) is 0 Å². The second-order valence-electron chi connectivity index (χ2n) is 5.39. The Hall–Kier alpha value is -2.58. The first-order chi connectivity index (χ1) is 11.3. The van der Waals surface area contributed by atoms with Crippen molar-refractivity contribution in [3.05, 3.63) is 36.8 Å². The number of ether oxygens (including phenoxy) is 1. The van der Waals surface area contributed by atoms with Gasteiger partial charge in [0.25, 0.3) is 0 Å². The molecule has 0 saturated carbocycles. The Labute approximate surface area is 132 Å². The number of aromatic nitrogens is 5. The van der Waals surface area contributed by atoms with Gasteiger partial charge in [-0.15, -0.1) is 5.10 Å². The first-order valence-electron chi connectivity index (χ1n) is 7.46. The van der Waals surface area contributed by atoms with Gasteiger partial charge in [0.2, 0.25) is 5.95 Å². The molecule has 1 saturated heterocycles. The number of nitrogens with one attached hydrogen (secondary N) is 1. The Bertz CT molecular complexity index is 806. The van der Waals surface area contributed by atoms with Crippen LogP contribution < -0.4 is 5.32 Å². The van der Waals surface area contributed by atoms with Gasteiger partial charge in [0.1, 0.15) is 5.69 Å². The molecular formula is C15H16N6O2. The molecule has 2 N–H and O–H groups in total. The second-order valence-corrected chi connectivity index (χ2v) is 5.39. The first kappa shape index (κ1) is 14.0. The third-order valence-electron chi connectivity index (χ3n) is 3.83. The third-order valence-corrected chi connectivity index (χ3v) is 3.83. The largest absolute Gasteiger partial charge is 0.389 e. The standard InChI is InChI=1S/C15H16N6O2/c22-13-9-23-7-4-11(13)19-15-18-8-10-2-3-12(21(10)20-15)14-16-5-1-6-17-14/h1-3,5-6,8,11,13,22H,4,7,9H2,(H,19,20)/t11-,13-/m1/s1. The molecule has 2 atom stereocenters. The second kappa shape index (κ2) is 5.90. The van der Waals surface area contributed by atoms with Gasteiger partial charge in [-0.25, -0.2) is 19.5 Å². The van der Waals surface area contributed by atoms with Gasteiger partial charge < -0.3 is 15.2 Å². The maximum Gasteiger partial charge on any atom is 0.241 e. The van der Waals surface area contributed by atoms with Crippen molar-refractivity contribution in [3.8, 4) is 11.5 Å². The number of aliphatic hydroxyl groups excluding tert-OH is 1. The topological polar surface area (TPSA) is 97.5 Å². The average molecular weight is 312 g/mol. The van der Waals surface area contributed by atoms with Crippen LogP contribution in [0.1, 0.15) is 6.42 Å². The van der Waals surface area contributed by atoms with Crippen molar-refractivity contribution in [1.82, 2.24) is 24.6 Å². The van der Waals surface area contributed by atoms with E-state index in [1.165, 1.54) is 0 Å². The Morgan fingerprint density at radius 1 is 1.22 bits per heavy atom. The minimum atomic E-state index is -0.565. The Kier molecular flexibility index (Phi) is 3.60. The molecule has 8 nitrogen and oxygen atoms in total. The van der Waals surface area contributed by atoms with E-state index in [0.29, 0.717) is 31.4 Å². The van der Waals surface area contributed by atoms with Gasteiger partial charge in [0.15, 0.2) is 5.82 Å². The molecule has 4 heterocycles. The summed E-state index contributed by atoms with van der Waals surface area (Å²) in [4.78, 5) is 12.8. The minimum absolute atomic E-state index is 0.117. The summed E-state index contributed by atoms with van der Waals surface area (Å²) in [7, 11) is 0. The molecule has 0 aliphatic carbocycles. The zero-order chi connectivity index (χ0) is 15.6. The molecule has 118 valence electrons. The quantitative estimate of drug-likeness (QED) is 0.736. The number of rotatable bonds is 3. The van der Waals surface area contributed by atoms with Crippen LogP contribution in [0.2, 0.25) is 0 Å². The van der Waals surface area contributed by atoms with Crippen molar-refractivity contribution in [2.45, 2.75) is 18.6 Å². The summed E-state index contributed by atoms with van der Waals surface area (Å²) in [6.07, 6.45) is 5.27. The van der Waals surface area contributed by atoms with Crippen molar-refractivity contribution in [3.63, 3.8) is 0 Å². The van der Waals surface area contributed by atoms with Crippen LogP contribution in [0, 0.1) is 0 Å². The lowest BCUT2D eigenvalue weighted by Gasteiger charge is -2.28. The van der Waals surface area contributed by atoms with Gasteiger partial charge in [-0.3, -0.25) is 0 Å². The molecule has 0 bridgehead atoms. The van der Waals surface area contributed by atoms with Crippen LogP contribution in [0.25, 0.3) is 17.0 Å². The van der Waals surface area contributed by atoms with Crippen molar-refractivity contribution >= 4 is 11.5 Å². The fourth-order valence-corrected chi connectivity index (χ4v) is 2.63. The van der Waals surface area contributed by atoms with E-state index in [0.717, 1.165) is 11.2 Å². The van der Waals surface area contributed by atoms with E-state index in [1.807, 2.05) is 12.1 Å². The number of anilines is 1. The maximum atomic E-state index is 9.97. The number of hydrogen-bond donors (Lipinski definition) is 2. The molecule has 4 rings (SSSR count). The molecule has 1 fully saturated rings. The molecule has 0 radical (unpaired) electrons. The molecule has 8 heteroatoms. The summed E-state index contributed by atoms with van der Waals surface area (Å²) in [5, 5.41) is 17.6. The normalized spacial score (nSPS) is 21.4. The molecule has 0 aromatic carbocycles. The fourth-order valence-electron chi connectivity index (χ4n) is 2.63. The average Bonchev–Trinajstić information content (AvgIpc) is 3.01. The molecule has 3 aromatic rings. The van der Waals surface area contributed by atoms with Crippen LogP contribution in [0.5, 0.6) is 0 Å². The molecule has 0 amide bonds. The van der Waals surface area contributed by atoms with E-state index in [2.05, 4.69) is 25.4 Å². The van der Waals surface area contributed by atoms with Crippen molar-refractivity contribution in [1.29, 1.82) is 0 Å². The molecule has 1 aliphatic heterocycles.